The van der Waals surface area contributed by atoms with Crippen molar-refractivity contribution in [2.75, 3.05) is 18.9 Å². The number of anilines is 1. The number of rotatable bonds is 8. The van der Waals surface area contributed by atoms with Crippen LogP contribution in [0.25, 0.3) is 0 Å². The van der Waals surface area contributed by atoms with Crippen LogP contribution in [0.15, 0.2) is 83.8 Å². The zero-order valence-electron chi connectivity index (χ0n) is 17.1. The highest BCUT2D eigenvalue weighted by Crippen LogP contribution is 2.22. The second-order valence-corrected chi connectivity index (χ2v) is 8.87. The molecule has 0 saturated carbocycles. The minimum atomic E-state index is -3.87. The van der Waals surface area contributed by atoms with E-state index in [1.165, 1.54) is 38.2 Å². The van der Waals surface area contributed by atoms with Crippen LogP contribution in [0.3, 0.4) is 0 Å². The average molecular weight is 439 g/mol. The summed E-state index contributed by atoms with van der Waals surface area (Å²) >= 11 is 0. The van der Waals surface area contributed by atoms with Gasteiger partial charge in [0, 0.05) is 18.3 Å². The first kappa shape index (κ1) is 22.2. The minimum Gasteiger partial charge on any atom is -0.457 e. The van der Waals surface area contributed by atoms with Crippen LogP contribution in [0.5, 0.6) is 11.5 Å². The molecule has 0 aliphatic rings. The Kier molecular flexibility index (Phi) is 6.84. The Balaban J connectivity index is 1.59. The van der Waals surface area contributed by atoms with E-state index in [1.807, 2.05) is 30.3 Å². The summed E-state index contributed by atoms with van der Waals surface area (Å²) in [6.07, 6.45) is 0. The number of ether oxygens (including phenoxy) is 1. The second-order valence-electron chi connectivity index (χ2n) is 6.83. The first-order chi connectivity index (χ1) is 14.8. The van der Waals surface area contributed by atoms with Gasteiger partial charge in [0.15, 0.2) is 5.78 Å². The topological polar surface area (TPSA) is 92.8 Å². The predicted octanol–water partition coefficient (Wildman–Crippen LogP) is 3.94. The van der Waals surface area contributed by atoms with Gasteiger partial charge < -0.3 is 10.1 Å². The van der Waals surface area contributed by atoms with E-state index in [0.717, 1.165) is 4.31 Å². The summed E-state index contributed by atoms with van der Waals surface area (Å²) in [5, 5.41) is 2.67. The van der Waals surface area contributed by atoms with Gasteiger partial charge in [-0.25, -0.2) is 8.42 Å². The standard InChI is InChI=1S/C23H22N2O5S/c1-17(26)18-8-14-22(15-9-18)31(28,29)25(2)16-23(27)24-19-10-12-21(13-11-19)30-20-6-4-3-5-7-20/h3-15H,16H2,1-2H3,(H,24,27). The highest BCUT2D eigenvalue weighted by atomic mass is 32.2. The summed E-state index contributed by atoms with van der Waals surface area (Å²) < 4.78 is 32.0. The molecule has 0 aromatic heterocycles. The molecule has 0 bridgehead atoms. The van der Waals surface area contributed by atoms with Crippen LogP contribution in [0.4, 0.5) is 5.69 Å². The fraction of sp³-hybridized carbons (Fsp3) is 0.130. The summed E-state index contributed by atoms with van der Waals surface area (Å²) in [5.41, 5.74) is 0.932. The number of Topliss-reactive ketones (excluding diaryl/α,β-unsaturated/α-hetero) is 1. The van der Waals surface area contributed by atoms with Crippen molar-refractivity contribution in [2.45, 2.75) is 11.8 Å². The summed E-state index contributed by atoms with van der Waals surface area (Å²) in [7, 11) is -2.54. The largest absolute Gasteiger partial charge is 0.457 e. The van der Waals surface area contributed by atoms with Crippen LogP contribution in [-0.4, -0.2) is 38.0 Å². The lowest BCUT2D eigenvalue weighted by Crippen LogP contribution is -2.35. The van der Waals surface area contributed by atoms with E-state index >= 15 is 0 Å². The number of ketones is 1. The number of carbonyl (C=O) groups excluding carboxylic acids is 2. The summed E-state index contributed by atoms with van der Waals surface area (Å²) in [4.78, 5) is 23.7. The molecule has 0 fully saturated rings. The lowest BCUT2D eigenvalue weighted by Gasteiger charge is -2.17. The first-order valence-electron chi connectivity index (χ1n) is 9.46. The van der Waals surface area contributed by atoms with E-state index in [-0.39, 0.29) is 17.2 Å². The molecule has 0 radical (unpaired) electrons. The Morgan fingerprint density at radius 1 is 0.871 bits per heavy atom. The van der Waals surface area contributed by atoms with Crippen LogP contribution in [-0.2, 0) is 14.8 Å². The maximum Gasteiger partial charge on any atom is 0.243 e. The van der Waals surface area contributed by atoms with Crippen LogP contribution in [0, 0.1) is 0 Å². The van der Waals surface area contributed by atoms with Crippen molar-refractivity contribution in [3.63, 3.8) is 0 Å². The van der Waals surface area contributed by atoms with Gasteiger partial charge in [0.05, 0.1) is 11.4 Å². The number of hydrogen-bond acceptors (Lipinski definition) is 5. The lowest BCUT2D eigenvalue weighted by molar-refractivity contribution is -0.116. The monoisotopic (exact) mass is 438 g/mol. The van der Waals surface area contributed by atoms with Gasteiger partial charge in [0.25, 0.3) is 0 Å². The molecule has 0 atom stereocenters. The van der Waals surface area contributed by atoms with Crippen LogP contribution in [0.2, 0.25) is 0 Å². The maximum absolute atomic E-state index is 12.7. The number of likely N-dealkylation sites (N-methyl/N-ethyl adjacent to an activating group) is 1. The van der Waals surface area contributed by atoms with Crippen LogP contribution >= 0.6 is 0 Å². The molecule has 3 rings (SSSR count). The highest BCUT2D eigenvalue weighted by Gasteiger charge is 2.23. The zero-order valence-corrected chi connectivity index (χ0v) is 17.9. The summed E-state index contributed by atoms with van der Waals surface area (Å²) in [5.74, 6) is 0.667. The predicted molar refractivity (Wildman–Crippen MR) is 118 cm³/mol. The van der Waals surface area contributed by atoms with Crippen molar-refractivity contribution in [2.24, 2.45) is 0 Å². The molecule has 8 heteroatoms. The van der Waals surface area contributed by atoms with Crippen LogP contribution in [0.1, 0.15) is 17.3 Å². The molecule has 0 aliphatic carbocycles. The third-order valence-corrected chi connectivity index (χ3v) is 6.27. The number of nitrogens with zero attached hydrogens (tertiary/aromatic N) is 1. The van der Waals surface area contributed by atoms with E-state index < -0.39 is 15.9 Å². The average Bonchev–Trinajstić information content (AvgIpc) is 2.76. The molecule has 0 aliphatic heterocycles. The SMILES string of the molecule is CC(=O)c1ccc(S(=O)(=O)N(C)CC(=O)Nc2ccc(Oc3ccccc3)cc2)cc1. The van der Waals surface area contributed by atoms with Crippen molar-refractivity contribution in [3.05, 3.63) is 84.4 Å². The molecule has 31 heavy (non-hydrogen) atoms. The van der Waals surface area contributed by atoms with Gasteiger partial charge in [-0.15, -0.1) is 0 Å². The zero-order chi connectivity index (χ0) is 22.4. The Morgan fingerprint density at radius 2 is 1.45 bits per heavy atom. The fourth-order valence-electron chi connectivity index (χ4n) is 2.76. The summed E-state index contributed by atoms with van der Waals surface area (Å²) in [6, 6.07) is 21.7. The molecular formula is C23H22N2O5S. The molecule has 3 aromatic carbocycles. The van der Waals surface area contributed by atoms with E-state index in [1.54, 1.807) is 24.3 Å². The lowest BCUT2D eigenvalue weighted by atomic mass is 10.2. The molecule has 0 spiro atoms. The molecule has 7 nitrogen and oxygen atoms in total. The molecule has 0 unspecified atom stereocenters. The van der Waals surface area contributed by atoms with Crippen LogP contribution < -0.4 is 10.1 Å². The smallest absolute Gasteiger partial charge is 0.243 e. The number of amides is 1. The van der Waals surface area contributed by atoms with Gasteiger partial charge in [-0.05, 0) is 55.5 Å². The van der Waals surface area contributed by atoms with Crippen molar-refractivity contribution in [3.8, 4) is 11.5 Å². The van der Waals surface area contributed by atoms with Gasteiger partial charge in [-0.1, -0.05) is 30.3 Å². The number of benzene rings is 3. The molecule has 1 N–H and O–H groups in total. The van der Waals surface area contributed by atoms with Gasteiger partial charge in [-0.2, -0.15) is 4.31 Å². The maximum atomic E-state index is 12.7. The second kappa shape index (κ2) is 9.55. The Hall–Kier alpha value is -3.49. The van der Waals surface area contributed by atoms with Gasteiger partial charge >= 0.3 is 0 Å². The van der Waals surface area contributed by atoms with E-state index in [2.05, 4.69) is 5.32 Å². The number of hydrogen-bond donors (Lipinski definition) is 1. The number of nitrogens with one attached hydrogen (secondary N) is 1. The third-order valence-electron chi connectivity index (χ3n) is 4.45. The molecule has 3 aromatic rings. The number of carbonyl (C=O) groups is 2. The van der Waals surface area contributed by atoms with Crippen molar-refractivity contribution in [1.82, 2.24) is 4.31 Å². The van der Waals surface area contributed by atoms with E-state index in [0.29, 0.717) is 22.7 Å². The van der Waals surface area contributed by atoms with Crippen molar-refractivity contribution in [1.29, 1.82) is 0 Å². The fourth-order valence-corrected chi connectivity index (χ4v) is 3.89. The molecule has 1 amide bonds. The van der Waals surface area contributed by atoms with Crippen molar-refractivity contribution >= 4 is 27.4 Å². The highest BCUT2D eigenvalue weighted by molar-refractivity contribution is 7.89. The van der Waals surface area contributed by atoms with Crippen molar-refractivity contribution < 1.29 is 22.7 Å². The number of para-hydroxylation sites is 1. The normalized spacial score (nSPS) is 11.2. The van der Waals surface area contributed by atoms with E-state index in [9.17, 15) is 18.0 Å². The summed E-state index contributed by atoms with van der Waals surface area (Å²) in [6.45, 7) is 1.04. The third kappa shape index (κ3) is 5.78. The molecule has 0 saturated heterocycles. The minimum absolute atomic E-state index is 0.00946. The van der Waals surface area contributed by atoms with Gasteiger partial charge in [0.1, 0.15) is 11.5 Å². The van der Waals surface area contributed by atoms with Gasteiger partial charge in [-0.3, -0.25) is 9.59 Å². The van der Waals surface area contributed by atoms with E-state index in [4.69, 9.17) is 4.74 Å². The number of sulfonamides is 1. The first-order valence-corrected chi connectivity index (χ1v) is 10.9. The quantitative estimate of drug-likeness (QED) is 0.538. The molecular weight excluding hydrogens is 416 g/mol. The Labute approximate surface area is 181 Å². The molecule has 160 valence electrons. The Morgan fingerprint density at radius 3 is 2.03 bits per heavy atom. The molecule has 0 heterocycles. The van der Waals surface area contributed by atoms with Gasteiger partial charge in [0.2, 0.25) is 15.9 Å². The Bertz CT molecular complexity index is 1160.